The molecule has 6 heteroatoms. The Morgan fingerprint density at radius 1 is 1.19 bits per heavy atom. The van der Waals surface area contributed by atoms with Gasteiger partial charge in [0.1, 0.15) is 0 Å². The number of hydrogen-bond acceptors (Lipinski definition) is 4. The zero-order chi connectivity index (χ0) is 12.8. The van der Waals surface area contributed by atoms with E-state index in [9.17, 15) is 13.2 Å². The number of hydrogen-bond donors (Lipinski definition) is 2. The van der Waals surface area contributed by atoms with Gasteiger partial charge in [0.05, 0.1) is 4.90 Å². The van der Waals surface area contributed by atoms with Crippen molar-refractivity contribution in [2.75, 3.05) is 5.73 Å². The maximum atomic E-state index is 11.4. The van der Waals surface area contributed by atoms with Crippen LogP contribution in [0.25, 0.3) is 0 Å². The molecule has 16 heavy (non-hydrogen) atoms. The van der Waals surface area contributed by atoms with E-state index in [0.29, 0.717) is 5.69 Å². The summed E-state index contributed by atoms with van der Waals surface area (Å²) in [5, 5.41) is 0. The highest BCUT2D eigenvalue weighted by molar-refractivity contribution is 7.90. The fraction of sp³-hybridized carbons (Fsp3) is 0.300. The highest BCUT2D eigenvalue weighted by Gasteiger charge is 2.14. The molecule has 1 amide bonds. The van der Waals surface area contributed by atoms with Crippen LogP contribution in [0.3, 0.4) is 0 Å². The molecule has 0 aliphatic carbocycles. The van der Waals surface area contributed by atoms with Gasteiger partial charge in [0, 0.05) is 12.6 Å². The number of nitrogen functional groups attached to an aromatic ring is 1. The number of carbonyl (C=O) groups is 1. The molecule has 0 bridgehead atoms. The third-order valence-electron chi connectivity index (χ3n) is 1.47. The second-order valence-electron chi connectivity index (χ2n) is 2.73. The smallest absolute Gasteiger partial charge is 0.264 e. The van der Waals surface area contributed by atoms with Crippen LogP contribution in [0.1, 0.15) is 20.8 Å². The normalized spacial score (nSPS) is 9.94. The molecule has 0 spiro atoms. The molecular weight excluding hydrogens is 228 g/mol. The van der Waals surface area contributed by atoms with Crippen molar-refractivity contribution in [2.45, 2.75) is 25.7 Å². The molecule has 1 aromatic carbocycles. The molecule has 0 heterocycles. The summed E-state index contributed by atoms with van der Waals surface area (Å²) in [5.74, 6) is -0.623. The first kappa shape index (κ1) is 14.4. The molecule has 90 valence electrons. The quantitative estimate of drug-likeness (QED) is 0.763. The average Bonchev–Trinajstić information content (AvgIpc) is 2.19. The Hall–Kier alpha value is -1.56. The average molecular weight is 244 g/mol. The van der Waals surface area contributed by atoms with E-state index in [4.69, 9.17) is 5.73 Å². The lowest BCUT2D eigenvalue weighted by Gasteiger charge is -2.04. The summed E-state index contributed by atoms with van der Waals surface area (Å²) >= 11 is 0. The van der Waals surface area contributed by atoms with E-state index in [1.165, 1.54) is 24.3 Å². The molecule has 5 nitrogen and oxygen atoms in total. The topological polar surface area (TPSA) is 89.3 Å². The van der Waals surface area contributed by atoms with Crippen molar-refractivity contribution in [3.63, 3.8) is 0 Å². The van der Waals surface area contributed by atoms with E-state index in [1.54, 1.807) is 0 Å². The van der Waals surface area contributed by atoms with E-state index in [1.807, 2.05) is 18.6 Å². The molecule has 0 saturated carbocycles. The summed E-state index contributed by atoms with van der Waals surface area (Å²) in [5.41, 5.74) is 5.85. The van der Waals surface area contributed by atoms with Crippen LogP contribution in [0.4, 0.5) is 5.69 Å². The minimum Gasteiger partial charge on any atom is -0.399 e. The summed E-state index contributed by atoms with van der Waals surface area (Å²) in [4.78, 5) is 10.6. The van der Waals surface area contributed by atoms with Gasteiger partial charge in [-0.2, -0.15) is 0 Å². The van der Waals surface area contributed by atoms with Crippen molar-refractivity contribution in [1.29, 1.82) is 0 Å². The van der Waals surface area contributed by atoms with Crippen molar-refractivity contribution in [1.82, 2.24) is 4.72 Å². The summed E-state index contributed by atoms with van der Waals surface area (Å²) in [6.07, 6.45) is 0. The maximum absolute atomic E-state index is 11.4. The molecule has 0 unspecified atom stereocenters. The van der Waals surface area contributed by atoms with Gasteiger partial charge in [0.2, 0.25) is 5.91 Å². The summed E-state index contributed by atoms with van der Waals surface area (Å²) in [7, 11) is -3.73. The van der Waals surface area contributed by atoms with Gasteiger partial charge in [-0.3, -0.25) is 4.79 Å². The number of nitrogens with one attached hydrogen (secondary N) is 1. The minimum absolute atomic E-state index is 0.0156. The molecule has 0 radical (unpaired) electrons. The molecule has 0 fully saturated rings. The van der Waals surface area contributed by atoms with Gasteiger partial charge in [0.25, 0.3) is 10.0 Å². The third-order valence-corrected chi connectivity index (χ3v) is 2.92. The zero-order valence-corrected chi connectivity index (χ0v) is 10.3. The fourth-order valence-electron chi connectivity index (χ4n) is 0.895. The minimum atomic E-state index is -3.73. The Labute approximate surface area is 95.7 Å². The molecule has 0 saturated heterocycles. The van der Waals surface area contributed by atoms with Gasteiger partial charge in [0.15, 0.2) is 0 Å². The van der Waals surface area contributed by atoms with Crippen molar-refractivity contribution in [2.24, 2.45) is 0 Å². The molecular formula is C10H16N2O3S. The van der Waals surface area contributed by atoms with Gasteiger partial charge in [-0.1, -0.05) is 13.8 Å². The molecule has 1 rings (SSSR count). The lowest BCUT2D eigenvalue weighted by atomic mass is 10.3. The van der Waals surface area contributed by atoms with Crippen molar-refractivity contribution < 1.29 is 13.2 Å². The molecule has 0 aliphatic rings. The number of nitrogens with two attached hydrogens (primary N) is 1. The number of sulfonamides is 1. The highest BCUT2D eigenvalue weighted by atomic mass is 32.2. The van der Waals surface area contributed by atoms with Crippen LogP contribution >= 0.6 is 0 Å². The number of anilines is 1. The molecule has 0 atom stereocenters. The van der Waals surface area contributed by atoms with Crippen LogP contribution in [-0.2, 0) is 14.8 Å². The first-order chi connectivity index (χ1) is 7.42. The van der Waals surface area contributed by atoms with Crippen LogP contribution in [0, 0.1) is 0 Å². The number of rotatable bonds is 2. The van der Waals surface area contributed by atoms with Crippen molar-refractivity contribution in [3.05, 3.63) is 24.3 Å². The van der Waals surface area contributed by atoms with Gasteiger partial charge in [-0.25, -0.2) is 13.1 Å². The van der Waals surface area contributed by atoms with Crippen LogP contribution < -0.4 is 10.5 Å². The van der Waals surface area contributed by atoms with Crippen LogP contribution in [0.2, 0.25) is 0 Å². The predicted molar refractivity (Wildman–Crippen MR) is 63.2 cm³/mol. The predicted octanol–water partition coefficient (Wildman–Crippen LogP) is 1.12. The summed E-state index contributed by atoms with van der Waals surface area (Å²) < 4.78 is 24.6. The number of amides is 1. The fourth-order valence-corrected chi connectivity index (χ4v) is 1.89. The van der Waals surface area contributed by atoms with Gasteiger partial charge in [-0.05, 0) is 24.3 Å². The third kappa shape index (κ3) is 4.31. The Morgan fingerprint density at radius 2 is 1.62 bits per heavy atom. The Morgan fingerprint density at radius 3 is 2.00 bits per heavy atom. The van der Waals surface area contributed by atoms with E-state index in [0.717, 1.165) is 6.92 Å². The SMILES string of the molecule is CC.CC(=O)NS(=O)(=O)c1ccc(N)cc1. The molecule has 0 aliphatic heterocycles. The molecule has 0 aromatic heterocycles. The van der Waals surface area contributed by atoms with Crippen LogP contribution in [0.15, 0.2) is 29.2 Å². The first-order valence-corrected chi connectivity index (χ1v) is 6.29. The lowest BCUT2D eigenvalue weighted by Crippen LogP contribution is -2.28. The van der Waals surface area contributed by atoms with Crippen molar-refractivity contribution in [3.8, 4) is 0 Å². The number of carbonyl (C=O) groups excluding carboxylic acids is 1. The summed E-state index contributed by atoms with van der Waals surface area (Å²) in [6, 6.07) is 5.57. The Kier molecular flexibility index (Phi) is 5.52. The number of benzene rings is 1. The van der Waals surface area contributed by atoms with E-state index >= 15 is 0 Å². The highest BCUT2D eigenvalue weighted by Crippen LogP contribution is 2.10. The van der Waals surface area contributed by atoms with E-state index < -0.39 is 15.9 Å². The Bertz CT molecular complexity index is 438. The zero-order valence-electron chi connectivity index (χ0n) is 9.52. The summed E-state index contributed by atoms with van der Waals surface area (Å²) in [6.45, 7) is 5.13. The Balaban J connectivity index is 0.00000106. The second-order valence-corrected chi connectivity index (χ2v) is 4.41. The standard InChI is InChI=1S/C8H10N2O3S.C2H6/c1-6(11)10-14(12,13)8-4-2-7(9)3-5-8;1-2/h2-5H,9H2,1H3,(H,10,11);1-2H3. The van der Waals surface area contributed by atoms with Gasteiger partial charge >= 0.3 is 0 Å². The monoisotopic (exact) mass is 244 g/mol. The molecule has 3 N–H and O–H groups in total. The first-order valence-electron chi connectivity index (χ1n) is 4.81. The van der Waals surface area contributed by atoms with E-state index in [2.05, 4.69) is 0 Å². The second kappa shape index (κ2) is 6.12. The van der Waals surface area contributed by atoms with E-state index in [-0.39, 0.29) is 4.90 Å². The van der Waals surface area contributed by atoms with Crippen molar-refractivity contribution >= 4 is 21.6 Å². The van der Waals surface area contributed by atoms with Gasteiger partial charge in [-0.15, -0.1) is 0 Å². The largest absolute Gasteiger partial charge is 0.399 e. The van der Waals surface area contributed by atoms with Gasteiger partial charge < -0.3 is 5.73 Å². The van der Waals surface area contributed by atoms with Crippen LogP contribution in [0.5, 0.6) is 0 Å². The maximum Gasteiger partial charge on any atom is 0.264 e. The molecule has 1 aromatic rings. The van der Waals surface area contributed by atoms with Crippen LogP contribution in [-0.4, -0.2) is 14.3 Å². The lowest BCUT2D eigenvalue weighted by molar-refractivity contribution is -0.117.